The SMILES string of the molecule is COc1c(OC(F)(F)F)cc(=O)[nH]c1CN. The van der Waals surface area contributed by atoms with Gasteiger partial charge in [0.25, 0.3) is 5.56 Å². The first-order chi connectivity index (χ1) is 7.37. The molecule has 5 nitrogen and oxygen atoms in total. The Balaban J connectivity index is 3.26. The van der Waals surface area contributed by atoms with Gasteiger partial charge < -0.3 is 20.2 Å². The number of aromatic amines is 1. The number of rotatable bonds is 3. The number of ether oxygens (including phenoxy) is 2. The Morgan fingerprint density at radius 3 is 2.56 bits per heavy atom. The van der Waals surface area contributed by atoms with Gasteiger partial charge in [0.1, 0.15) is 0 Å². The Hall–Kier alpha value is -1.70. The average molecular weight is 238 g/mol. The van der Waals surface area contributed by atoms with Gasteiger partial charge in [-0.25, -0.2) is 0 Å². The molecule has 0 atom stereocenters. The third-order valence-electron chi connectivity index (χ3n) is 1.67. The van der Waals surface area contributed by atoms with Crippen LogP contribution in [0.1, 0.15) is 5.69 Å². The van der Waals surface area contributed by atoms with Crippen molar-refractivity contribution in [3.8, 4) is 11.5 Å². The number of hydrogen-bond acceptors (Lipinski definition) is 4. The van der Waals surface area contributed by atoms with E-state index in [1.807, 2.05) is 0 Å². The average Bonchev–Trinajstić information content (AvgIpc) is 2.14. The van der Waals surface area contributed by atoms with Gasteiger partial charge in [-0.2, -0.15) is 0 Å². The molecule has 0 aliphatic heterocycles. The summed E-state index contributed by atoms with van der Waals surface area (Å²) in [6.45, 7) is -0.173. The molecule has 0 aliphatic rings. The van der Waals surface area contributed by atoms with Gasteiger partial charge in [-0.05, 0) is 0 Å². The van der Waals surface area contributed by atoms with Crippen molar-refractivity contribution in [2.24, 2.45) is 5.73 Å². The lowest BCUT2D eigenvalue weighted by molar-refractivity contribution is -0.275. The number of methoxy groups -OCH3 is 1. The molecule has 0 unspecified atom stereocenters. The van der Waals surface area contributed by atoms with Crippen LogP contribution in [0.5, 0.6) is 11.5 Å². The minimum Gasteiger partial charge on any atom is -0.491 e. The Morgan fingerprint density at radius 1 is 1.50 bits per heavy atom. The van der Waals surface area contributed by atoms with Crippen molar-refractivity contribution < 1.29 is 22.6 Å². The quantitative estimate of drug-likeness (QED) is 0.814. The Kier molecular flexibility index (Phi) is 3.43. The Bertz CT molecular complexity index is 428. The van der Waals surface area contributed by atoms with E-state index in [-0.39, 0.29) is 18.0 Å². The highest BCUT2D eigenvalue weighted by Crippen LogP contribution is 2.32. The molecular formula is C8H9F3N2O3. The molecule has 0 saturated carbocycles. The summed E-state index contributed by atoms with van der Waals surface area (Å²) >= 11 is 0. The second-order valence-corrected chi connectivity index (χ2v) is 2.76. The second-order valence-electron chi connectivity index (χ2n) is 2.76. The van der Waals surface area contributed by atoms with Crippen LogP contribution in [0.3, 0.4) is 0 Å². The maximum absolute atomic E-state index is 12.0. The van der Waals surface area contributed by atoms with Crippen LogP contribution >= 0.6 is 0 Å². The highest BCUT2D eigenvalue weighted by molar-refractivity contribution is 5.42. The van der Waals surface area contributed by atoms with Crippen LogP contribution < -0.4 is 20.8 Å². The number of pyridine rings is 1. The number of alkyl halides is 3. The minimum atomic E-state index is -4.90. The van der Waals surface area contributed by atoms with E-state index < -0.39 is 17.7 Å². The standard InChI is InChI=1S/C8H9F3N2O3/c1-15-7-4(3-12)13-6(14)2-5(7)16-8(9,10)11/h2H,3,12H2,1H3,(H,13,14). The summed E-state index contributed by atoms with van der Waals surface area (Å²) in [5, 5.41) is 0. The van der Waals surface area contributed by atoms with Crippen LogP contribution in [-0.2, 0) is 6.54 Å². The number of halogens is 3. The van der Waals surface area contributed by atoms with Gasteiger partial charge in [0.2, 0.25) is 0 Å². The lowest BCUT2D eigenvalue weighted by Gasteiger charge is -2.14. The summed E-state index contributed by atoms with van der Waals surface area (Å²) in [4.78, 5) is 13.3. The van der Waals surface area contributed by atoms with E-state index in [4.69, 9.17) is 10.5 Å². The zero-order valence-electron chi connectivity index (χ0n) is 8.22. The molecule has 0 saturated heterocycles. The predicted octanol–water partition coefficient (Wildman–Crippen LogP) is 0.741. The van der Waals surface area contributed by atoms with Crippen molar-refractivity contribution in [1.29, 1.82) is 0 Å². The summed E-state index contributed by atoms with van der Waals surface area (Å²) in [6, 6.07) is 0.644. The molecule has 8 heteroatoms. The van der Waals surface area contributed by atoms with Gasteiger partial charge >= 0.3 is 6.36 Å². The minimum absolute atomic E-state index is 0.0363. The summed E-state index contributed by atoms with van der Waals surface area (Å²) in [6.07, 6.45) is -4.90. The number of nitrogens with one attached hydrogen (secondary N) is 1. The van der Waals surface area contributed by atoms with Crippen LogP contribution in [0.4, 0.5) is 13.2 Å². The highest BCUT2D eigenvalue weighted by atomic mass is 19.4. The molecule has 0 amide bonds. The molecule has 16 heavy (non-hydrogen) atoms. The van der Waals surface area contributed by atoms with E-state index in [2.05, 4.69) is 9.72 Å². The predicted molar refractivity (Wildman–Crippen MR) is 48.2 cm³/mol. The van der Waals surface area contributed by atoms with Crippen molar-refractivity contribution in [3.63, 3.8) is 0 Å². The normalized spacial score (nSPS) is 11.3. The molecule has 0 fully saturated rings. The molecule has 1 aromatic heterocycles. The molecule has 0 spiro atoms. The molecule has 3 N–H and O–H groups in total. The molecule has 1 rings (SSSR count). The molecule has 0 bridgehead atoms. The highest BCUT2D eigenvalue weighted by Gasteiger charge is 2.33. The van der Waals surface area contributed by atoms with Crippen LogP contribution in [0.2, 0.25) is 0 Å². The van der Waals surface area contributed by atoms with E-state index in [0.29, 0.717) is 6.07 Å². The van der Waals surface area contributed by atoms with E-state index in [1.54, 1.807) is 0 Å². The van der Waals surface area contributed by atoms with Crippen molar-refractivity contribution in [2.45, 2.75) is 12.9 Å². The first-order valence-electron chi connectivity index (χ1n) is 4.13. The van der Waals surface area contributed by atoms with Crippen molar-refractivity contribution in [3.05, 3.63) is 22.1 Å². The Morgan fingerprint density at radius 2 is 2.12 bits per heavy atom. The summed E-state index contributed by atoms with van der Waals surface area (Å²) in [5.41, 5.74) is 4.53. The summed E-state index contributed by atoms with van der Waals surface area (Å²) < 4.78 is 44.4. The largest absolute Gasteiger partial charge is 0.573 e. The lowest BCUT2D eigenvalue weighted by atomic mass is 10.3. The van der Waals surface area contributed by atoms with Crippen LogP contribution in [0.15, 0.2) is 10.9 Å². The van der Waals surface area contributed by atoms with Crippen LogP contribution in [0.25, 0.3) is 0 Å². The topological polar surface area (TPSA) is 77.3 Å². The number of nitrogens with two attached hydrogens (primary N) is 1. The lowest BCUT2D eigenvalue weighted by Crippen LogP contribution is -2.21. The first kappa shape index (κ1) is 12.4. The number of H-pyrrole nitrogens is 1. The Labute approximate surface area is 88.0 Å². The zero-order chi connectivity index (χ0) is 12.3. The molecule has 0 aromatic carbocycles. The molecular weight excluding hydrogens is 229 g/mol. The maximum atomic E-state index is 12.0. The third-order valence-corrected chi connectivity index (χ3v) is 1.67. The maximum Gasteiger partial charge on any atom is 0.573 e. The van der Waals surface area contributed by atoms with E-state index in [0.717, 1.165) is 7.11 Å². The van der Waals surface area contributed by atoms with E-state index >= 15 is 0 Å². The monoisotopic (exact) mass is 238 g/mol. The van der Waals surface area contributed by atoms with Crippen molar-refractivity contribution in [2.75, 3.05) is 7.11 Å². The third kappa shape index (κ3) is 2.89. The fourth-order valence-electron chi connectivity index (χ4n) is 1.14. The van der Waals surface area contributed by atoms with Gasteiger partial charge in [-0.15, -0.1) is 13.2 Å². The first-order valence-corrected chi connectivity index (χ1v) is 4.13. The molecule has 0 aliphatic carbocycles. The van der Waals surface area contributed by atoms with Gasteiger partial charge in [-0.3, -0.25) is 4.79 Å². The molecule has 0 radical (unpaired) electrons. The van der Waals surface area contributed by atoms with Gasteiger partial charge in [-0.1, -0.05) is 0 Å². The molecule has 90 valence electrons. The van der Waals surface area contributed by atoms with Crippen LogP contribution in [-0.4, -0.2) is 18.5 Å². The molecule has 1 heterocycles. The van der Waals surface area contributed by atoms with Gasteiger partial charge in [0, 0.05) is 12.6 Å². The number of hydrogen-bond donors (Lipinski definition) is 2. The van der Waals surface area contributed by atoms with E-state index in [1.165, 1.54) is 0 Å². The van der Waals surface area contributed by atoms with Crippen molar-refractivity contribution >= 4 is 0 Å². The van der Waals surface area contributed by atoms with Crippen LogP contribution in [0, 0.1) is 0 Å². The fourth-order valence-corrected chi connectivity index (χ4v) is 1.14. The van der Waals surface area contributed by atoms with Crippen molar-refractivity contribution in [1.82, 2.24) is 4.98 Å². The van der Waals surface area contributed by atoms with E-state index in [9.17, 15) is 18.0 Å². The summed E-state index contributed by atoms with van der Waals surface area (Å²) in [5.74, 6) is -0.946. The summed E-state index contributed by atoms with van der Waals surface area (Å²) in [7, 11) is 1.15. The van der Waals surface area contributed by atoms with Gasteiger partial charge in [0.05, 0.1) is 12.8 Å². The second kappa shape index (κ2) is 4.44. The number of aromatic nitrogens is 1. The fraction of sp³-hybridized carbons (Fsp3) is 0.375. The van der Waals surface area contributed by atoms with Gasteiger partial charge in [0.15, 0.2) is 11.5 Å². The zero-order valence-corrected chi connectivity index (χ0v) is 8.22. The molecule has 1 aromatic rings. The smallest absolute Gasteiger partial charge is 0.491 e.